The van der Waals surface area contributed by atoms with Gasteiger partial charge in [0, 0.05) is 36.8 Å². The Labute approximate surface area is 275 Å². The summed E-state index contributed by atoms with van der Waals surface area (Å²) in [4.78, 5) is 61.2. The molecule has 4 aromatic heterocycles. The summed E-state index contributed by atoms with van der Waals surface area (Å²) in [6, 6.07) is 4.60. The highest BCUT2D eigenvalue weighted by atomic mass is 35.5. The largest absolute Gasteiger partial charge is 0.355 e. The number of pyridine rings is 2. The van der Waals surface area contributed by atoms with Gasteiger partial charge in [0.25, 0.3) is 5.91 Å². The van der Waals surface area contributed by atoms with Crippen LogP contribution < -0.4 is 15.5 Å². The summed E-state index contributed by atoms with van der Waals surface area (Å²) >= 11 is 7.37. The van der Waals surface area contributed by atoms with Gasteiger partial charge in [0.05, 0.1) is 51.4 Å². The Balaban J connectivity index is 1.65. The lowest BCUT2D eigenvalue weighted by Crippen LogP contribution is -2.63. The fraction of sp³-hybridized carbons (Fsp3) is 0.324. The molecule has 0 spiro atoms. The van der Waals surface area contributed by atoms with Crippen LogP contribution in [0.25, 0.3) is 38.9 Å². The lowest BCUT2D eigenvalue weighted by molar-refractivity contribution is -0.130. The molecule has 2 aliphatic rings. The molecule has 240 valence electrons. The first-order chi connectivity index (χ1) is 22.4. The molecule has 1 fully saturated rings. The van der Waals surface area contributed by atoms with Crippen molar-refractivity contribution in [2.45, 2.75) is 52.6 Å². The van der Waals surface area contributed by atoms with Crippen molar-refractivity contribution in [2.24, 2.45) is 0 Å². The number of nitrogens with one attached hydrogen (secondary N) is 1. The number of anilines is 2. The topological polar surface area (TPSA) is 133 Å². The maximum absolute atomic E-state index is 14.4. The first-order valence-corrected chi connectivity index (χ1v) is 15.8. The highest BCUT2D eigenvalue weighted by molar-refractivity contribution is 6.39. The average Bonchev–Trinajstić information content (AvgIpc) is 3.50. The van der Waals surface area contributed by atoms with Crippen molar-refractivity contribution in [3.8, 4) is 16.9 Å². The van der Waals surface area contributed by atoms with E-state index in [9.17, 15) is 14.4 Å². The Bertz CT molecular complexity index is 2220. The molecule has 5 aromatic rings. The van der Waals surface area contributed by atoms with Gasteiger partial charge >= 0.3 is 5.69 Å². The molecule has 1 saturated heterocycles. The van der Waals surface area contributed by atoms with Gasteiger partial charge in [-0.1, -0.05) is 38.1 Å². The molecule has 0 radical (unpaired) electrons. The Morgan fingerprint density at radius 3 is 2.60 bits per heavy atom. The summed E-state index contributed by atoms with van der Waals surface area (Å²) in [5, 5.41) is 8.76. The number of fused-ring (bicyclic) bond motifs is 3. The summed E-state index contributed by atoms with van der Waals surface area (Å²) < 4.78 is 1.50. The zero-order valence-corrected chi connectivity index (χ0v) is 27.8. The summed E-state index contributed by atoms with van der Waals surface area (Å²) in [5.74, 6) is -0.305. The molecule has 1 aromatic carbocycles. The van der Waals surface area contributed by atoms with Crippen LogP contribution in [-0.4, -0.2) is 78.7 Å². The van der Waals surface area contributed by atoms with Gasteiger partial charge in [-0.2, -0.15) is 10.1 Å². The number of aromatic nitrogens is 6. The molecule has 13 heteroatoms. The number of H-pyrrole nitrogens is 1. The molecule has 2 aliphatic heterocycles. The maximum atomic E-state index is 14.4. The van der Waals surface area contributed by atoms with Crippen LogP contribution in [0.4, 0.5) is 11.5 Å². The van der Waals surface area contributed by atoms with E-state index in [-0.39, 0.29) is 41.9 Å². The Morgan fingerprint density at radius 1 is 1.11 bits per heavy atom. The number of rotatable bonds is 4. The van der Waals surface area contributed by atoms with Crippen molar-refractivity contribution in [2.75, 3.05) is 29.9 Å². The smallest absolute Gasteiger partial charge is 0.340 e. The molecule has 2 atom stereocenters. The van der Waals surface area contributed by atoms with Gasteiger partial charge in [-0.3, -0.25) is 19.7 Å². The zero-order chi connectivity index (χ0) is 33.5. The predicted molar refractivity (Wildman–Crippen MR) is 183 cm³/mol. The van der Waals surface area contributed by atoms with E-state index in [1.54, 1.807) is 24.3 Å². The van der Waals surface area contributed by atoms with Crippen molar-refractivity contribution in [1.29, 1.82) is 0 Å². The van der Waals surface area contributed by atoms with E-state index in [1.807, 2.05) is 57.7 Å². The summed E-state index contributed by atoms with van der Waals surface area (Å²) in [6.45, 7) is 13.8. The van der Waals surface area contributed by atoms with E-state index in [0.29, 0.717) is 39.6 Å². The van der Waals surface area contributed by atoms with Gasteiger partial charge in [-0.25, -0.2) is 14.3 Å². The number of benzene rings is 1. The maximum Gasteiger partial charge on any atom is 0.355 e. The first-order valence-electron chi connectivity index (χ1n) is 15.5. The highest BCUT2D eigenvalue weighted by Gasteiger charge is 2.44. The van der Waals surface area contributed by atoms with Crippen LogP contribution in [-0.2, 0) is 9.59 Å². The SMILES string of the molecule is C=CC(=O)N1CC2C(=O)N(C)c3c(Cl)c(-c4c(C)ccc5[nH]ncc45)nc4c3c(nc(=O)n4-c3c(C)ccnc3C(C)C)N2CC1C. The van der Waals surface area contributed by atoms with Gasteiger partial charge in [-0.15, -0.1) is 0 Å². The lowest BCUT2D eigenvalue weighted by atomic mass is 9.99. The van der Waals surface area contributed by atoms with Crippen LogP contribution in [0.3, 0.4) is 0 Å². The minimum absolute atomic E-state index is 0.0275. The predicted octanol–water partition coefficient (Wildman–Crippen LogP) is 4.68. The van der Waals surface area contributed by atoms with Crippen molar-refractivity contribution in [3.05, 3.63) is 75.6 Å². The third-order valence-electron chi connectivity index (χ3n) is 9.34. The summed E-state index contributed by atoms with van der Waals surface area (Å²) in [6.07, 6.45) is 4.69. The average molecular weight is 652 g/mol. The fourth-order valence-corrected chi connectivity index (χ4v) is 7.35. The van der Waals surface area contributed by atoms with Crippen LogP contribution in [0.2, 0.25) is 5.02 Å². The number of halogens is 1. The number of likely N-dealkylation sites (N-methyl/N-ethyl adjacent to an activating group) is 1. The van der Waals surface area contributed by atoms with E-state index in [4.69, 9.17) is 16.6 Å². The third-order valence-corrected chi connectivity index (χ3v) is 9.69. The van der Waals surface area contributed by atoms with Crippen molar-refractivity contribution in [3.63, 3.8) is 0 Å². The van der Waals surface area contributed by atoms with Gasteiger partial charge in [0.1, 0.15) is 11.9 Å². The molecule has 6 heterocycles. The molecular formula is C34H34ClN9O3. The van der Waals surface area contributed by atoms with Gasteiger partial charge < -0.3 is 14.7 Å². The zero-order valence-electron chi connectivity index (χ0n) is 27.0. The fourth-order valence-electron chi connectivity index (χ4n) is 6.99. The van der Waals surface area contributed by atoms with Crippen LogP contribution in [0.5, 0.6) is 0 Å². The Morgan fingerprint density at radius 2 is 1.87 bits per heavy atom. The second-order valence-electron chi connectivity index (χ2n) is 12.6. The van der Waals surface area contributed by atoms with E-state index in [2.05, 4.69) is 26.7 Å². The lowest BCUT2D eigenvalue weighted by Gasteiger charge is -2.44. The molecule has 0 saturated carbocycles. The molecule has 2 unspecified atom stereocenters. The van der Waals surface area contributed by atoms with Crippen LogP contribution in [0.1, 0.15) is 43.5 Å². The summed E-state index contributed by atoms with van der Waals surface area (Å²) in [7, 11) is 1.66. The molecule has 1 N–H and O–H groups in total. The standard InChI is InChI=1S/C34H34ClN9O3/c1-8-23(45)42-15-22-33(46)41(7)30-25-31(43(22)14-19(42)6)39-34(47)44(29-18(5)11-12-36-27(29)16(2)3)32(25)38-28(26(30)35)24-17(4)9-10-21-20(24)13-37-40-21/h8-13,16,19,22H,1,14-15H2,2-7H3,(H,37,40). The van der Waals surface area contributed by atoms with Crippen molar-refractivity contribution < 1.29 is 9.59 Å². The minimum Gasteiger partial charge on any atom is -0.340 e. The highest BCUT2D eigenvalue weighted by Crippen LogP contribution is 2.47. The number of piperazine rings is 1. The van der Waals surface area contributed by atoms with E-state index >= 15 is 0 Å². The number of carbonyl (C=O) groups excluding carboxylic acids is 2. The molecular weight excluding hydrogens is 618 g/mol. The Kier molecular flexibility index (Phi) is 7.16. The van der Waals surface area contributed by atoms with E-state index in [1.165, 1.54) is 15.5 Å². The van der Waals surface area contributed by atoms with Crippen LogP contribution >= 0.6 is 11.6 Å². The molecule has 2 amide bonds. The van der Waals surface area contributed by atoms with Gasteiger partial charge in [-0.05, 0) is 56.0 Å². The number of hydrogen-bond donors (Lipinski definition) is 1. The van der Waals surface area contributed by atoms with E-state index in [0.717, 1.165) is 27.6 Å². The number of amides is 2. The summed E-state index contributed by atoms with van der Waals surface area (Å²) in [5.41, 5.74) is 5.01. The quantitative estimate of drug-likeness (QED) is 0.277. The second kappa shape index (κ2) is 11.0. The van der Waals surface area contributed by atoms with Crippen LogP contribution in [0, 0.1) is 13.8 Å². The van der Waals surface area contributed by atoms with Crippen LogP contribution in [0.15, 0.2) is 48.0 Å². The number of carbonyl (C=O) groups is 2. The van der Waals surface area contributed by atoms with Crippen molar-refractivity contribution >= 4 is 56.9 Å². The monoisotopic (exact) mass is 651 g/mol. The number of aromatic amines is 1. The second-order valence-corrected chi connectivity index (χ2v) is 13.0. The molecule has 0 aliphatic carbocycles. The number of hydrogen-bond acceptors (Lipinski definition) is 8. The third kappa shape index (κ3) is 4.45. The molecule has 7 rings (SSSR count). The van der Waals surface area contributed by atoms with Gasteiger partial charge in [0.2, 0.25) is 5.91 Å². The number of aryl methyl sites for hydroxylation is 2. The first kappa shape index (κ1) is 30.5. The molecule has 12 nitrogen and oxygen atoms in total. The van der Waals surface area contributed by atoms with Gasteiger partial charge in [0.15, 0.2) is 5.65 Å². The number of nitrogens with zero attached hydrogens (tertiary/aromatic N) is 8. The van der Waals surface area contributed by atoms with E-state index < -0.39 is 11.7 Å². The normalized spacial score (nSPS) is 17.9. The minimum atomic E-state index is -0.830. The Hall–Kier alpha value is -5.10. The van der Waals surface area contributed by atoms with Crippen molar-refractivity contribution in [1.82, 2.24) is 34.6 Å². The molecule has 47 heavy (non-hydrogen) atoms. The molecule has 0 bridgehead atoms.